The molecule has 1 fully saturated rings. The molecule has 1 aromatic heterocycles. The van der Waals surface area contributed by atoms with Gasteiger partial charge < -0.3 is 9.63 Å². The lowest BCUT2D eigenvalue weighted by atomic mass is 9.93. The van der Waals surface area contributed by atoms with Crippen molar-refractivity contribution in [2.45, 2.75) is 32.7 Å². The molecule has 0 bridgehead atoms. The summed E-state index contributed by atoms with van der Waals surface area (Å²) >= 11 is 0. The highest BCUT2D eigenvalue weighted by Gasteiger charge is 2.48. The molecule has 6 heteroatoms. The van der Waals surface area contributed by atoms with Gasteiger partial charge in [-0.1, -0.05) is 73.6 Å². The van der Waals surface area contributed by atoms with Gasteiger partial charge >= 0.3 is 5.91 Å². The third-order valence-electron chi connectivity index (χ3n) is 5.27. The number of hydrogen-bond donors (Lipinski definition) is 1. The van der Waals surface area contributed by atoms with Crippen LogP contribution in [0.3, 0.4) is 0 Å². The van der Waals surface area contributed by atoms with Crippen LogP contribution in [0.1, 0.15) is 48.3 Å². The molecule has 1 aliphatic heterocycles. The van der Waals surface area contributed by atoms with E-state index < -0.39 is 17.7 Å². The van der Waals surface area contributed by atoms with Crippen molar-refractivity contribution in [1.29, 1.82) is 0 Å². The Labute approximate surface area is 174 Å². The summed E-state index contributed by atoms with van der Waals surface area (Å²) in [5, 5.41) is 14.9. The zero-order valence-electron chi connectivity index (χ0n) is 17.0. The van der Waals surface area contributed by atoms with Gasteiger partial charge in [0.15, 0.2) is 5.82 Å². The van der Waals surface area contributed by atoms with Crippen LogP contribution < -0.4 is 4.90 Å². The number of ketones is 1. The molecule has 4 rings (SSSR count). The van der Waals surface area contributed by atoms with Crippen molar-refractivity contribution in [3.63, 3.8) is 0 Å². The van der Waals surface area contributed by atoms with Gasteiger partial charge in [-0.2, -0.15) is 0 Å². The number of nitrogens with zero attached hydrogens (tertiary/aromatic N) is 2. The Bertz CT molecular complexity index is 1130. The second-order valence-corrected chi connectivity index (χ2v) is 7.65. The van der Waals surface area contributed by atoms with Crippen molar-refractivity contribution in [1.82, 2.24) is 5.16 Å². The SMILES string of the molecule is Cc1cc(N2C(=O)C(=O)/C(=C(/O)c3ccccc3)C2c2ccc(C(C)C)cc2)no1. The van der Waals surface area contributed by atoms with Crippen LogP contribution in [0, 0.1) is 6.92 Å². The first kappa shape index (κ1) is 19.6. The summed E-state index contributed by atoms with van der Waals surface area (Å²) in [4.78, 5) is 27.3. The summed E-state index contributed by atoms with van der Waals surface area (Å²) in [6.07, 6.45) is 0. The van der Waals surface area contributed by atoms with Gasteiger partial charge in [0.2, 0.25) is 0 Å². The van der Waals surface area contributed by atoms with E-state index in [2.05, 4.69) is 19.0 Å². The van der Waals surface area contributed by atoms with Crippen molar-refractivity contribution >= 4 is 23.3 Å². The number of aliphatic hydroxyl groups excluding tert-OH is 1. The number of aromatic nitrogens is 1. The number of benzene rings is 2. The standard InChI is InChI=1S/C24H22N2O4/c1-14(2)16-9-11-17(12-10-16)21-20(22(27)18-7-5-4-6-8-18)23(28)24(29)26(21)19-13-15(3)30-25-19/h4-14,21,27H,1-3H3/b22-20+. The van der Waals surface area contributed by atoms with E-state index in [1.54, 1.807) is 37.3 Å². The maximum absolute atomic E-state index is 13.0. The Balaban J connectivity index is 1.91. The number of aryl methyl sites for hydroxylation is 1. The second kappa shape index (κ2) is 7.63. The molecule has 1 aliphatic rings. The quantitative estimate of drug-likeness (QED) is 0.387. The Morgan fingerprint density at radius 3 is 2.30 bits per heavy atom. The minimum absolute atomic E-state index is 0.0316. The number of Topliss-reactive ketones (excluding diaryl/α,β-unsaturated/α-hetero) is 1. The molecule has 1 unspecified atom stereocenters. The number of anilines is 1. The van der Waals surface area contributed by atoms with Gasteiger partial charge in [-0.15, -0.1) is 0 Å². The van der Waals surface area contributed by atoms with E-state index in [0.717, 1.165) is 5.56 Å². The van der Waals surface area contributed by atoms with E-state index >= 15 is 0 Å². The van der Waals surface area contributed by atoms with Crippen LogP contribution in [-0.2, 0) is 9.59 Å². The summed E-state index contributed by atoms with van der Waals surface area (Å²) in [5.41, 5.74) is 2.34. The van der Waals surface area contributed by atoms with Gasteiger partial charge in [0.1, 0.15) is 11.5 Å². The van der Waals surface area contributed by atoms with E-state index in [1.165, 1.54) is 4.90 Å². The zero-order chi connectivity index (χ0) is 21.4. The maximum Gasteiger partial charge on any atom is 0.301 e. The molecule has 1 amide bonds. The number of hydrogen-bond acceptors (Lipinski definition) is 5. The van der Waals surface area contributed by atoms with Gasteiger partial charge in [-0.25, -0.2) is 0 Å². The van der Waals surface area contributed by atoms with E-state index in [1.807, 2.05) is 30.3 Å². The minimum Gasteiger partial charge on any atom is -0.507 e. The molecule has 30 heavy (non-hydrogen) atoms. The minimum atomic E-state index is -0.809. The van der Waals surface area contributed by atoms with Crippen molar-refractivity contribution in [3.8, 4) is 0 Å². The number of rotatable bonds is 4. The Morgan fingerprint density at radius 1 is 1.07 bits per heavy atom. The number of carbonyl (C=O) groups excluding carboxylic acids is 2. The molecule has 0 spiro atoms. The van der Waals surface area contributed by atoms with Gasteiger partial charge in [0, 0.05) is 11.6 Å². The van der Waals surface area contributed by atoms with E-state index in [9.17, 15) is 14.7 Å². The van der Waals surface area contributed by atoms with Crippen LogP contribution in [0.5, 0.6) is 0 Å². The fourth-order valence-electron chi connectivity index (χ4n) is 3.67. The van der Waals surface area contributed by atoms with E-state index in [-0.39, 0.29) is 17.2 Å². The Kier molecular flexibility index (Phi) is 4.99. The molecule has 0 radical (unpaired) electrons. The summed E-state index contributed by atoms with van der Waals surface area (Å²) in [5.74, 6) is -0.625. The highest BCUT2D eigenvalue weighted by atomic mass is 16.5. The number of amides is 1. The van der Waals surface area contributed by atoms with Gasteiger partial charge in [0.25, 0.3) is 5.78 Å². The largest absolute Gasteiger partial charge is 0.507 e. The molecule has 0 saturated carbocycles. The lowest BCUT2D eigenvalue weighted by Gasteiger charge is -2.23. The Hall–Kier alpha value is -3.67. The first-order valence-corrected chi connectivity index (χ1v) is 9.78. The number of aliphatic hydroxyl groups is 1. The monoisotopic (exact) mass is 402 g/mol. The van der Waals surface area contributed by atoms with E-state index in [4.69, 9.17) is 4.52 Å². The third-order valence-corrected chi connectivity index (χ3v) is 5.27. The zero-order valence-corrected chi connectivity index (χ0v) is 17.0. The van der Waals surface area contributed by atoms with Crippen LogP contribution in [0.4, 0.5) is 5.82 Å². The molecule has 2 heterocycles. The molecule has 1 saturated heterocycles. The van der Waals surface area contributed by atoms with Crippen LogP contribution >= 0.6 is 0 Å². The van der Waals surface area contributed by atoms with Crippen molar-refractivity contribution in [2.75, 3.05) is 4.90 Å². The van der Waals surface area contributed by atoms with E-state index in [0.29, 0.717) is 22.8 Å². The second-order valence-electron chi connectivity index (χ2n) is 7.65. The molecule has 152 valence electrons. The molecule has 0 aliphatic carbocycles. The predicted octanol–water partition coefficient (Wildman–Crippen LogP) is 4.73. The normalized spacial score (nSPS) is 18.4. The fourth-order valence-corrected chi connectivity index (χ4v) is 3.67. The topological polar surface area (TPSA) is 83.6 Å². The van der Waals surface area contributed by atoms with Crippen LogP contribution in [-0.4, -0.2) is 22.0 Å². The van der Waals surface area contributed by atoms with Gasteiger partial charge in [-0.05, 0) is 24.0 Å². The average Bonchev–Trinajstić information content (AvgIpc) is 3.29. The lowest BCUT2D eigenvalue weighted by Crippen LogP contribution is -2.29. The fraction of sp³-hybridized carbons (Fsp3) is 0.208. The first-order chi connectivity index (χ1) is 14.4. The summed E-state index contributed by atoms with van der Waals surface area (Å²) in [6.45, 7) is 5.90. The molecule has 1 N–H and O–H groups in total. The number of carbonyl (C=O) groups is 2. The summed E-state index contributed by atoms with van der Waals surface area (Å²) in [6, 6.07) is 17.2. The van der Waals surface area contributed by atoms with Gasteiger partial charge in [0.05, 0.1) is 11.6 Å². The molecular weight excluding hydrogens is 380 g/mol. The Morgan fingerprint density at radius 2 is 1.73 bits per heavy atom. The maximum atomic E-state index is 13.0. The average molecular weight is 402 g/mol. The smallest absolute Gasteiger partial charge is 0.301 e. The van der Waals surface area contributed by atoms with Crippen molar-refractivity contribution in [3.05, 3.63) is 88.7 Å². The van der Waals surface area contributed by atoms with Crippen molar-refractivity contribution < 1.29 is 19.2 Å². The van der Waals surface area contributed by atoms with Gasteiger partial charge in [-0.3, -0.25) is 14.5 Å². The molecular formula is C24H22N2O4. The summed E-state index contributed by atoms with van der Waals surface area (Å²) < 4.78 is 5.14. The first-order valence-electron chi connectivity index (χ1n) is 9.78. The lowest BCUT2D eigenvalue weighted by molar-refractivity contribution is -0.132. The molecule has 1 atom stereocenters. The molecule has 6 nitrogen and oxygen atoms in total. The van der Waals surface area contributed by atoms with Crippen LogP contribution in [0.15, 0.2) is 70.8 Å². The molecule has 3 aromatic rings. The third kappa shape index (κ3) is 3.30. The van der Waals surface area contributed by atoms with Crippen molar-refractivity contribution in [2.24, 2.45) is 0 Å². The molecule has 2 aromatic carbocycles. The highest BCUT2D eigenvalue weighted by molar-refractivity contribution is 6.51. The van der Waals surface area contributed by atoms with Crippen LogP contribution in [0.2, 0.25) is 0 Å². The highest BCUT2D eigenvalue weighted by Crippen LogP contribution is 2.42. The predicted molar refractivity (Wildman–Crippen MR) is 113 cm³/mol. The van der Waals surface area contributed by atoms with Crippen LogP contribution in [0.25, 0.3) is 5.76 Å². The summed E-state index contributed by atoms with van der Waals surface area (Å²) in [7, 11) is 0.